The summed E-state index contributed by atoms with van der Waals surface area (Å²) < 4.78 is 10.4. The van der Waals surface area contributed by atoms with Gasteiger partial charge in [0.2, 0.25) is 11.8 Å². The number of carbonyl (C=O) groups excluding carboxylic acids is 2. The van der Waals surface area contributed by atoms with E-state index in [9.17, 15) is 9.59 Å². The molecule has 2 amide bonds. The average Bonchev–Trinajstić information content (AvgIpc) is 3.45. The number of methoxy groups -OCH3 is 2. The third-order valence-electron chi connectivity index (χ3n) is 4.37. The maximum atomic E-state index is 12.8. The first-order chi connectivity index (χ1) is 12.5. The standard InChI is InChI=1S/C19H19ClN2O4/c1-25-15-11-14(16(26-2)10-13(15)20)22-18(24)19(8-9-19)17(23)21-12-6-4-3-5-7-12/h3-7,10-11H,8-9H2,1-2H3,(H,21,23)(H,22,24). The molecule has 3 rings (SSSR count). The van der Waals surface area contributed by atoms with Crippen LogP contribution in [0.4, 0.5) is 11.4 Å². The lowest BCUT2D eigenvalue weighted by molar-refractivity contribution is -0.131. The molecule has 7 heteroatoms. The number of hydrogen-bond acceptors (Lipinski definition) is 4. The molecule has 2 aromatic rings. The van der Waals surface area contributed by atoms with Gasteiger partial charge in [0.25, 0.3) is 0 Å². The van der Waals surface area contributed by atoms with E-state index in [1.54, 1.807) is 24.3 Å². The van der Waals surface area contributed by atoms with Gasteiger partial charge in [-0.3, -0.25) is 9.59 Å². The summed E-state index contributed by atoms with van der Waals surface area (Å²) >= 11 is 6.08. The third-order valence-corrected chi connectivity index (χ3v) is 4.67. The lowest BCUT2D eigenvalue weighted by Gasteiger charge is -2.18. The van der Waals surface area contributed by atoms with Crippen molar-refractivity contribution in [3.05, 3.63) is 47.5 Å². The highest BCUT2D eigenvalue weighted by Gasteiger charge is 2.56. The Hall–Kier alpha value is -2.73. The van der Waals surface area contributed by atoms with Crippen LogP contribution in [0.25, 0.3) is 0 Å². The highest BCUT2D eigenvalue weighted by Crippen LogP contribution is 2.48. The van der Waals surface area contributed by atoms with Crippen molar-refractivity contribution in [1.29, 1.82) is 0 Å². The lowest BCUT2D eigenvalue weighted by atomic mass is 10.0. The quantitative estimate of drug-likeness (QED) is 0.755. The lowest BCUT2D eigenvalue weighted by Crippen LogP contribution is -2.35. The maximum absolute atomic E-state index is 12.8. The first-order valence-corrected chi connectivity index (χ1v) is 8.47. The van der Waals surface area contributed by atoms with Crippen LogP contribution in [0.5, 0.6) is 11.5 Å². The number of halogens is 1. The van der Waals surface area contributed by atoms with Crippen LogP contribution in [0.2, 0.25) is 5.02 Å². The van der Waals surface area contributed by atoms with Crippen molar-refractivity contribution in [2.45, 2.75) is 12.8 Å². The fourth-order valence-electron chi connectivity index (χ4n) is 2.65. The molecule has 1 aliphatic rings. The third kappa shape index (κ3) is 3.46. The Bertz CT molecular complexity index is 835. The molecule has 136 valence electrons. The molecule has 26 heavy (non-hydrogen) atoms. The normalized spacial score (nSPS) is 14.3. The monoisotopic (exact) mass is 374 g/mol. The Morgan fingerprint density at radius 3 is 2.15 bits per heavy atom. The Labute approximate surface area is 156 Å². The van der Waals surface area contributed by atoms with E-state index in [0.29, 0.717) is 40.7 Å². The predicted molar refractivity (Wildman–Crippen MR) is 99.9 cm³/mol. The van der Waals surface area contributed by atoms with Gasteiger partial charge < -0.3 is 20.1 Å². The topological polar surface area (TPSA) is 76.7 Å². The minimum atomic E-state index is -1.08. The summed E-state index contributed by atoms with van der Waals surface area (Å²) in [5, 5.41) is 5.93. The smallest absolute Gasteiger partial charge is 0.240 e. The van der Waals surface area contributed by atoms with Gasteiger partial charge in [0, 0.05) is 17.8 Å². The minimum absolute atomic E-state index is 0.318. The molecule has 0 aliphatic heterocycles. The van der Waals surface area contributed by atoms with Crippen LogP contribution >= 0.6 is 11.6 Å². The summed E-state index contributed by atoms with van der Waals surface area (Å²) in [7, 11) is 2.96. The van der Waals surface area contributed by atoms with Crippen molar-refractivity contribution >= 4 is 34.8 Å². The van der Waals surface area contributed by atoms with Crippen LogP contribution in [-0.2, 0) is 9.59 Å². The molecular weight excluding hydrogens is 356 g/mol. The van der Waals surface area contributed by atoms with Crippen molar-refractivity contribution in [3.8, 4) is 11.5 Å². The predicted octanol–water partition coefficient (Wildman–Crippen LogP) is 3.71. The van der Waals surface area contributed by atoms with Crippen LogP contribution < -0.4 is 20.1 Å². The van der Waals surface area contributed by atoms with E-state index in [4.69, 9.17) is 21.1 Å². The van der Waals surface area contributed by atoms with Crippen LogP contribution in [0.1, 0.15) is 12.8 Å². The average molecular weight is 375 g/mol. The maximum Gasteiger partial charge on any atom is 0.240 e. The number of anilines is 2. The molecule has 6 nitrogen and oxygen atoms in total. The summed E-state index contributed by atoms with van der Waals surface area (Å²) in [5.41, 5.74) is -0.0203. The number of nitrogens with one attached hydrogen (secondary N) is 2. The summed E-state index contributed by atoms with van der Waals surface area (Å²) in [6, 6.07) is 12.2. The highest BCUT2D eigenvalue weighted by atomic mass is 35.5. The zero-order chi connectivity index (χ0) is 18.7. The van der Waals surface area contributed by atoms with E-state index in [1.165, 1.54) is 14.2 Å². The van der Waals surface area contributed by atoms with Crippen molar-refractivity contribution < 1.29 is 19.1 Å². The Morgan fingerprint density at radius 2 is 1.58 bits per heavy atom. The van der Waals surface area contributed by atoms with Gasteiger partial charge in [0.15, 0.2) is 0 Å². The van der Waals surface area contributed by atoms with Crippen molar-refractivity contribution in [1.82, 2.24) is 0 Å². The second-order valence-electron chi connectivity index (χ2n) is 6.04. The van der Waals surface area contributed by atoms with E-state index in [-0.39, 0.29) is 11.8 Å². The van der Waals surface area contributed by atoms with Crippen molar-refractivity contribution in [2.75, 3.05) is 24.9 Å². The molecule has 0 spiro atoms. The molecule has 0 radical (unpaired) electrons. The second kappa shape index (κ2) is 7.25. The fraction of sp³-hybridized carbons (Fsp3) is 0.263. The molecule has 0 bridgehead atoms. The molecule has 0 atom stereocenters. The molecule has 2 N–H and O–H groups in total. The fourth-order valence-corrected chi connectivity index (χ4v) is 2.89. The number of amides is 2. The minimum Gasteiger partial charge on any atom is -0.495 e. The molecule has 0 unspecified atom stereocenters. The molecule has 1 saturated carbocycles. The number of hydrogen-bond donors (Lipinski definition) is 2. The van der Waals surface area contributed by atoms with Gasteiger partial charge in [-0.2, -0.15) is 0 Å². The van der Waals surface area contributed by atoms with E-state index < -0.39 is 5.41 Å². The van der Waals surface area contributed by atoms with Gasteiger partial charge in [-0.1, -0.05) is 29.8 Å². The van der Waals surface area contributed by atoms with Gasteiger partial charge in [0.05, 0.1) is 24.9 Å². The summed E-state index contributed by atoms with van der Waals surface area (Å²) in [5.74, 6) is 0.0967. The van der Waals surface area contributed by atoms with E-state index >= 15 is 0 Å². The van der Waals surface area contributed by atoms with E-state index in [0.717, 1.165) is 0 Å². The number of ether oxygens (including phenoxy) is 2. The van der Waals surface area contributed by atoms with Crippen LogP contribution in [0, 0.1) is 5.41 Å². The van der Waals surface area contributed by atoms with E-state index in [2.05, 4.69) is 10.6 Å². The summed E-state index contributed by atoms with van der Waals surface area (Å²) in [6.07, 6.45) is 0.981. The molecule has 2 aromatic carbocycles. The Kier molecular flexibility index (Phi) is 5.04. The van der Waals surface area contributed by atoms with Crippen molar-refractivity contribution in [2.24, 2.45) is 5.41 Å². The Morgan fingerprint density at radius 1 is 0.962 bits per heavy atom. The van der Waals surface area contributed by atoms with Gasteiger partial charge in [-0.25, -0.2) is 0 Å². The number of rotatable bonds is 6. The highest BCUT2D eigenvalue weighted by molar-refractivity contribution is 6.32. The molecule has 0 saturated heterocycles. The first-order valence-electron chi connectivity index (χ1n) is 8.09. The Balaban J connectivity index is 1.78. The zero-order valence-corrected chi connectivity index (χ0v) is 15.2. The van der Waals surface area contributed by atoms with Crippen LogP contribution in [0.3, 0.4) is 0 Å². The van der Waals surface area contributed by atoms with Gasteiger partial charge in [0.1, 0.15) is 16.9 Å². The van der Waals surface area contributed by atoms with Gasteiger partial charge in [-0.15, -0.1) is 0 Å². The van der Waals surface area contributed by atoms with Gasteiger partial charge >= 0.3 is 0 Å². The SMILES string of the molecule is COc1cc(NC(=O)C2(C(=O)Nc3ccccc3)CC2)c(OC)cc1Cl. The molecule has 1 aliphatic carbocycles. The largest absolute Gasteiger partial charge is 0.495 e. The number of benzene rings is 2. The van der Waals surface area contributed by atoms with Crippen molar-refractivity contribution in [3.63, 3.8) is 0 Å². The number of carbonyl (C=O) groups is 2. The number of para-hydroxylation sites is 1. The second-order valence-corrected chi connectivity index (χ2v) is 6.45. The molecular formula is C19H19ClN2O4. The molecule has 1 fully saturated rings. The zero-order valence-electron chi connectivity index (χ0n) is 14.5. The summed E-state index contributed by atoms with van der Waals surface area (Å²) in [6.45, 7) is 0. The van der Waals surface area contributed by atoms with Gasteiger partial charge in [-0.05, 0) is 25.0 Å². The molecule has 0 heterocycles. The van der Waals surface area contributed by atoms with Crippen LogP contribution in [0.15, 0.2) is 42.5 Å². The first kappa shape index (κ1) is 18.1. The van der Waals surface area contributed by atoms with E-state index in [1.807, 2.05) is 18.2 Å². The summed E-state index contributed by atoms with van der Waals surface area (Å²) in [4.78, 5) is 25.4. The van der Waals surface area contributed by atoms with Crippen LogP contribution in [-0.4, -0.2) is 26.0 Å². The molecule has 0 aromatic heterocycles.